The van der Waals surface area contributed by atoms with Crippen LogP contribution in [0.4, 0.5) is 11.5 Å². The Balaban J connectivity index is 1.55. The van der Waals surface area contributed by atoms with Crippen LogP contribution in [-0.4, -0.2) is 51.8 Å². The molecule has 0 amide bonds. The SMILES string of the molecule is NC(=Nc1ccc([N+](=O)[O-])cn1)N1CCN(Cc2ccccc2)CC1. The first-order valence-corrected chi connectivity index (χ1v) is 8.07. The van der Waals surface area contributed by atoms with Crippen LogP contribution < -0.4 is 5.73 Å². The van der Waals surface area contributed by atoms with Gasteiger partial charge >= 0.3 is 0 Å². The third-order valence-electron chi connectivity index (χ3n) is 4.12. The van der Waals surface area contributed by atoms with E-state index in [1.54, 1.807) is 0 Å². The van der Waals surface area contributed by atoms with Crippen LogP contribution in [0.15, 0.2) is 53.7 Å². The number of nitrogens with zero attached hydrogens (tertiary/aromatic N) is 5. The molecule has 8 nitrogen and oxygen atoms in total. The van der Waals surface area contributed by atoms with Gasteiger partial charge < -0.3 is 10.6 Å². The highest BCUT2D eigenvalue weighted by molar-refractivity contribution is 5.80. The summed E-state index contributed by atoms with van der Waals surface area (Å²) in [5.74, 6) is 0.760. The van der Waals surface area contributed by atoms with Crippen molar-refractivity contribution in [2.45, 2.75) is 6.54 Å². The monoisotopic (exact) mass is 340 g/mol. The van der Waals surface area contributed by atoms with Crippen LogP contribution in [0.25, 0.3) is 0 Å². The lowest BCUT2D eigenvalue weighted by molar-refractivity contribution is -0.385. The van der Waals surface area contributed by atoms with Crippen LogP contribution in [-0.2, 0) is 6.54 Å². The second-order valence-corrected chi connectivity index (χ2v) is 5.85. The molecule has 2 heterocycles. The minimum Gasteiger partial charge on any atom is -0.369 e. The number of guanidine groups is 1. The van der Waals surface area contributed by atoms with Crippen molar-refractivity contribution in [3.63, 3.8) is 0 Å². The second kappa shape index (κ2) is 7.71. The average Bonchev–Trinajstić information content (AvgIpc) is 2.63. The Labute approximate surface area is 145 Å². The first kappa shape index (κ1) is 16.8. The summed E-state index contributed by atoms with van der Waals surface area (Å²) in [6.45, 7) is 4.30. The molecule has 0 radical (unpaired) electrons. The fourth-order valence-electron chi connectivity index (χ4n) is 2.72. The molecule has 1 aliphatic heterocycles. The van der Waals surface area contributed by atoms with Gasteiger partial charge in [-0.2, -0.15) is 4.99 Å². The molecule has 3 rings (SSSR count). The van der Waals surface area contributed by atoms with E-state index in [4.69, 9.17) is 5.73 Å². The molecular weight excluding hydrogens is 320 g/mol. The number of benzene rings is 1. The Hall–Kier alpha value is -3.00. The van der Waals surface area contributed by atoms with Crippen LogP contribution in [0.5, 0.6) is 0 Å². The lowest BCUT2D eigenvalue weighted by atomic mass is 10.2. The van der Waals surface area contributed by atoms with E-state index >= 15 is 0 Å². The third-order valence-corrected chi connectivity index (χ3v) is 4.12. The predicted molar refractivity (Wildman–Crippen MR) is 95.5 cm³/mol. The first-order valence-electron chi connectivity index (χ1n) is 8.07. The number of nitro groups is 1. The quantitative estimate of drug-likeness (QED) is 0.394. The maximum atomic E-state index is 10.6. The molecule has 0 atom stereocenters. The molecule has 1 aliphatic rings. The van der Waals surface area contributed by atoms with Crippen molar-refractivity contribution >= 4 is 17.5 Å². The summed E-state index contributed by atoms with van der Waals surface area (Å²) in [4.78, 5) is 22.7. The van der Waals surface area contributed by atoms with Crippen molar-refractivity contribution in [1.29, 1.82) is 0 Å². The van der Waals surface area contributed by atoms with Gasteiger partial charge in [-0.1, -0.05) is 30.3 Å². The van der Waals surface area contributed by atoms with E-state index in [0.29, 0.717) is 11.8 Å². The highest BCUT2D eigenvalue weighted by Gasteiger charge is 2.18. The Bertz CT molecular complexity index is 739. The van der Waals surface area contributed by atoms with Crippen LogP contribution in [0.2, 0.25) is 0 Å². The van der Waals surface area contributed by atoms with Crippen molar-refractivity contribution < 1.29 is 4.92 Å². The van der Waals surface area contributed by atoms with Gasteiger partial charge in [-0.25, -0.2) is 4.98 Å². The fourth-order valence-corrected chi connectivity index (χ4v) is 2.72. The summed E-state index contributed by atoms with van der Waals surface area (Å²) < 4.78 is 0. The summed E-state index contributed by atoms with van der Waals surface area (Å²) in [6, 6.07) is 13.2. The maximum absolute atomic E-state index is 10.6. The molecule has 0 spiro atoms. The van der Waals surface area contributed by atoms with Gasteiger partial charge in [0.1, 0.15) is 6.20 Å². The summed E-state index contributed by atoms with van der Waals surface area (Å²) in [6.07, 6.45) is 1.18. The second-order valence-electron chi connectivity index (χ2n) is 5.85. The average molecular weight is 340 g/mol. The smallest absolute Gasteiger partial charge is 0.287 e. The van der Waals surface area contributed by atoms with Crippen LogP contribution in [0.1, 0.15) is 5.56 Å². The molecule has 8 heteroatoms. The lowest BCUT2D eigenvalue weighted by Crippen LogP contribution is -2.50. The van der Waals surface area contributed by atoms with E-state index in [9.17, 15) is 10.1 Å². The molecule has 25 heavy (non-hydrogen) atoms. The number of hydrogen-bond donors (Lipinski definition) is 1. The molecule has 0 saturated carbocycles. The number of aromatic nitrogens is 1. The molecule has 2 aromatic rings. The zero-order chi connectivity index (χ0) is 17.6. The van der Waals surface area contributed by atoms with Crippen molar-refractivity contribution in [3.05, 3.63) is 64.3 Å². The fraction of sp³-hybridized carbons (Fsp3) is 0.294. The standard InChI is InChI=1S/C17H20N6O2/c18-17(20-16-7-6-15(12-19-16)23(24)25)22-10-8-21(9-11-22)13-14-4-2-1-3-5-14/h1-7,12H,8-11,13H2,(H2,18,19,20). The predicted octanol–water partition coefficient (Wildman–Crippen LogP) is 1.75. The number of rotatable bonds is 4. The van der Waals surface area contributed by atoms with Gasteiger partial charge in [-0.3, -0.25) is 15.0 Å². The molecule has 1 fully saturated rings. The van der Waals surface area contributed by atoms with Gasteiger partial charge in [0.25, 0.3) is 5.69 Å². The highest BCUT2D eigenvalue weighted by Crippen LogP contribution is 2.15. The minimum atomic E-state index is -0.490. The van der Waals surface area contributed by atoms with E-state index in [0.717, 1.165) is 32.7 Å². The van der Waals surface area contributed by atoms with Gasteiger partial charge in [0.2, 0.25) is 0 Å². The van der Waals surface area contributed by atoms with Crippen LogP contribution in [0.3, 0.4) is 0 Å². The molecule has 1 aromatic carbocycles. The van der Waals surface area contributed by atoms with E-state index in [1.165, 1.54) is 23.9 Å². The highest BCUT2D eigenvalue weighted by atomic mass is 16.6. The summed E-state index contributed by atoms with van der Waals surface area (Å²) >= 11 is 0. The normalized spacial score (nSPS) is 16.0. The number of aliphatic imine (C=N–C) groups is 1. The zero-order valence-electron chi connectivity index (χ0n) is 13.8. The first-order chi connectivity index (χ1) is 12.1. The molecular formula is C17H20N6O2. The van der Waals surface area contributed by atoms with Gasteiger partial charge in [-0.15, -0.1) is 0 Å². The van der Waals surface area contributed by atoms with Gasteiger partial charge in [-0.05, 0) is 11.6 Å². The number of hydrogen-bond acceptors (Lipinski definition) is 5. The zero-order valence-corrected chi connectivity index (χ0v) is 13.8. The van der Waals surface area contributed by atoms with Crippen molar-refractivity contribution in [3.8, 4) is 0 Å². The molecule has 0 aliphatic carbocycles. The Morgan fingerprint density at radius 2 is 1.88 bits per heavy atom. The Kier molecular flexibility index (Phi) is 5.20. The van der Waals surface area contributed by atoms with Gasteiger partial charge in [0.05, 0.1) is 4.92 Å². The number of piperazine rings is 1. The number of nitrogens with two attached hydrogens (primary N) is 1. The molecule has 0 unspecified atom stereocenters. The van der Waals surface area contributed by atoms with E-state index in [2.05, 4.69) is 27.0 Å². The van der Waals surface area contributed by atoms with Crippen molar-refractivity contribution in [2.75, 3.05) is 26.2 Å². The third kappa shape index (κ3) is 4.51. The Morgan fingerprint density at radius 1 is 1.16 bits per heavy atom. The molecule has 2 N–H and O–H groups in total. The molecule has 1 saturated heterocycles. The minimum absolute atomic E-state index is 0.0629. The van der Waals surface area contributed by atoms with E-state index < -0.39 is 4.92 Å². The van der Waals surface area contributed by atoms with E-state index in [-0.39, 0.29) is 5.69 Å². The summed E-state index contributed by atoms with van der Waals surface area (Å²) in [7, 11) is 0. The largest absolute Gasteiger partial charge is 0.369 e. The van der Waals surface area contributed by atoms with Crippen LogP contribution >= 0.6 is 0 Å². The molecule has 0 bridgehead atoms. The van der Waals surface area contributed by atoms with Gasteiger partial charge in [0.15, 0.2) is 11.8 Å². The van der Waals surface area contributed by atoms with E-state index in [1.807, 2.05) is 23.1 Å². The number of pyridine rings is 1. The molecule has 1 aromatic heterocycles. The lowest BCUT2D eigenvalue weighted by Gasteiger charge is -2.35. The Morgan fingerprint density at radius 3 is 2.48 bits per heavy atom. The summed E-state index contributed by atoms with van der Waals surface area (Å²) in [5, 5.41) is 10.6. The topological polar surface area (TPSA) is 101 Å². The maximum Gasteiger partial charge on any atom is 0.287 e. The van der Waals surface area contributed by atoms with Crippen molar-refractivity contribution in [1.82, 2.24) is 14.8 Å². The van der Waals surface area contributed by atoms with Crippen LogP contribution in [0, 0.1) is 10.1 Å². The molecule has 130 valence electrons. The summed E-state index contributed by atoms with van der Waals surface area (Å²) in [5.41, 5.74) is 7.30. The van der Waals surface area contributed by atoms with Crippen molar-refractivity contribution in [2.24, 2.45) is 10.7 Å². The van der Waals surface area contributed by atoms with Gasteiger partial charge in [0, 0.05) is 38.8 Å².